The summed E-state index contributed by atoms with van der Waals surface area (Å²) in [4.78, 5) is 17.5. The lowest BCUT2D eigenvalue weighted by Crippen LogP contribution is -2.41. The van der Waals surface area contributed by atoms with Gasteiger partial charge >= 0.3 is 0 Å². The van der Waals surface area contributed by atoms with Crippen molar-refractivity contribution in [3.8, 4) is 0 Å². The van der Waals surface area contributed by atoms with E-state index >= 15 is 0 Å². The Morgan fingerprint density at radius 2 is 1.96 bits per heavy atom. The number of allylic oxidation sites excluding steroid dienone is 2. The van der Waals surface area contributed by atoms with Gasteiger partial charge in [-0.15, -0.1) is 0 Å². The first-order chi connectivity index (χ1) is 11.7. The lowest BCUT2D eigenvalue weighted by Gasteiger charge is -2.31. The topological polar surface area (TPSA) is 23.6 Å². The van der Waals surface area contributed by atoms with Gasteiger partial charge in [0.05, 0.1) is 6.54 Å². The van der Waals surface area contributed by atoms with Crippen molar-refractivity contribution in [3.05, 3.63) is 47.2 Å². The van der Waals surface area contributed by atoms with E-state index in [0.717, 1.165) is 25.7 Å². The molecular formula is C21H28N2O. The number of fused-ring (bicyclic) bond motifs is 1. The van der Waals surface area contributed by atoms with Crippen molar-refractivity contribution in [1.82, 2.24) is 9.80 Å². The highest BCUT2D eigenvalue weighted by Gasteiger charge is 2.36. The first kappa shape index (κ1) is 15.9. The zero-order valence-electron chi connectivity index (χ0n) is 14.7. The van der Waals surface area contributed by atoms with E-state index in [1.165, 1.54) is 42.5 Å². The number of hydrogen-bond donors (Lipinski definition) is 0. The third-order valence-electron chi connectivity index (χ3n) is 5.78. The number of nitrogens with zero attached hydrogens (tertiary/aromatic N) is 2. The van der Waals surface area contributed by atoms with Gasteiger partial charge in [0.15, 0.2) is 0 Å². The van der Waals surface area contributed by atoms with E-state index in [0.29, 0.717) is 24.5 Å². The number of hydrogen-bond acceptors (Lipinski definition) is 2. The van der Waals surface area contributed by atoms with Crippen LogP contribution in [0.3, 0.4) is 0 Å². The maximum Gasteiger partial charge on any atom is 0.241 e. The average Bonchev–Trinajstić information content (AvgIpc) is 3.33. The second-order valence-electron chi connectivity index (χ2n) is 7.60. The molecule has 3 aliphatic carbocycles. The van der Waals surface area contributed by atoms with Gasteiger partial charge in [0.25, 0.3) is 0 Å². The molecule has 4 rings (SSSR count). The van der Waals surface area contributed by atoms with E-state index in [-0.39, 0.29) is 0 Å². The summed E-state index contributed by atoms with van der Waals surface area (Å²) >= 11 is 0. The van der Waals surface area contributed by atoms with E-state index in [1.54, 1.807) is 0 Å². The summed E-state index contributed by atoms with van der Waals surface area (Å²) < 4.78 is 0. The fraction of sp³-hybridized carbons (Fsp3) is 0.571. The number of carbonyl (C=O) groups excluding carboxylic acids is 1. The molecule has 3 heteroatoms. The summed E-state index contributed by atoms with van der Waals surface area (Å²) in [6.45, 7) is 0.535. The summed E-state index contributed by atoms with van der Waals surface area (Å²) in [5.41, 5.74) is 4.17. The van der Waals surface area contributed by atoms with E-state index in [4.69, 9.17) is 0 Å². The number of rotatable bonds is 5. The van der Waals surface area contributed by atoms with Crippen molar-refractivity contribution in [2.75, 3.05) is 13.6 Å². The SMILES string of the molecule is CN(CC(=O)N(C1=CCCCC1)C1CC1)[C@@H]1CCc2ccccc21. The third kappa shape index (κ3) is 3.14. The summed E-state index contributed by atoms with van der Waals surface area (Å²) in [6.07, 6.45) is 11.7. The van der Waals surface area contributed by atoms with Crippen LogP contribution in [0.15, 0.2) is 36.0 Å². The van der Waals surface area contributed by atoms with Crippen molar-refractivity contribution in [3.63, 3.8) is 0 Å². The van der Waals surface area contributed by atoms with Crippen molar-refractivity contribution >= 4 is 5.91 Å². The first-order valence-electron chi connectivity index (χ1n) is 9.53. The predicted octanol–water partition coefficient (Wildman–Crippen LogP) is 4.05. The van der Waals surface area contributed by atoms with E-state index in [9.17, 15) is 4.79 Å². The Kier molecular flexibility index (Phi) is 4.45. The van der Waals surface area contributed by atoms with E-state index in [2.05, 4.69) is 47.2 Å². The molecule has 3 aliphatic rings. The highest BCUT2D eigenvalue weighted by atomic mass is 16.2. The van der Waals surface area contributed by atoms with Crippen LogP contribution in [-0.2, 0) is 11.2 Å². The molecule has 3 nitrogen and oxygen atoms in total. The minimum atomic E-state index is 0.303. The Labute approximate surface area is 145 Å². The highest BCUT2D eigenvalue weighted by molar-refractivity contribution is 5.81. The number of likely N-dealkylation sites (N-methyl/N-ethyl adjacent to an activating group) is 1. The molecule has 24 heavy (non-hydrogen) atoms. The van der Waals surface area contributed by atoms with Gasteiger partial charge in [-0.2, -0.15) is 0 Å². The minimum absolute atomic E-state index is 0.303. The van der Waals surface area contributed by atoms with Crippen LogP contribution in [0.1, 0.15) is 62.1 Å². The van der Waals surface area contributed by atoms with Gasteiger partial charge in [-0.3, -0.25) is 9.69 Å². The molecule has 0 spiro atoms. The Morgan fingerprint density at radius 1 is 1.12 bits per heavy atom. The maximum absolute atomic E-state index is 13.0. The molecule has 0 heterocycles. The molecule has 0 bridgehead atoms. The lowest BCUT2D eigenvalue weighted by atomic mass is 10.0. The molecule has 0 unspecified atom stereocenters. The summed E-state index contributed by atoms with van der Waals surface area (Å²) in [5.74, 6) is 0.303. The van der Waals surface area contributed by atoms with Crippen LogP contribution >= 0.6 is 0 Å². The third-order valence-corrected chi connectivity index (χ3v) is 5.78. The minimum Gasteiger partial charge on any atom is -0.312 e. The molecule has 0 N–H and O–H groups in total. The van der Waals surface area contributed by atoms with Crippen molar-refractivity contribution in [2.24, 2.45) is 0 Å². The van der Waals surface area contributed by atoms with Gasteiger partial charge in [0.2, 0.25) is 5.91 Å². The summed E-state index contributed by atoms with van der Waals surface area (Å²) in [7, 11) is 2.12. The molecule has 1 aromatic rings. The second-order valence-corrected chi connectivity index (χ2v) is 7.60. The maximum atomic E-state index is 13.0. The van der Waals surface area contributed by atoms with Gasteiger partial charge in [-0.1, -0.05) is 30.3 Å². The fourth-order valence-electron chi connectivity index (χ4n) is 4.36. The van der Waals surface area contributed by atoms with Crippen LogP contribution in [0.25, 0.3) is 0 Å². The molecule has 1 fully saturated rings. The molecule has 0 saturated heterocycles. The number of amides is 1. The van der Waals surface area contributed by atoms with Crippen LogP contribution in [0.2, 0.25) is 0 Å². The molecule has 0 radical (unpaired) electrons. The quantitative estimate of drug-likeness (QED) is 0.815. The molecule has 1 aromatic carbocycles. The Hall–Kier alpha value is -1.61. The lowest BCUT2D eigenvalue weighted by molar-refractivity contribution is -0.131. The van der Waals surface area contributed by atoms with Crippen LogP contribution in [0.4, 0.5) is 0 Å². The average molecular weight is 324 g/mol. The van der Waals surface area contributed by atoms with Gasteiger partial charge in [-0.05, 0) is 69.5 Å². The zero-order chi connectivity index (χ0) is 16.5. The van der Waals surface area contributed by atoms with Gasteiger partial charge in [0, 0.05) is 17.8 Å². The van der Waals surface area contributed by atoms with E-state index < -0.39 is 0 Å². The highest BCUT2D eigenvalue weighted by Crippen LogP contribution is 2.36. The molecule has 1 amide bonds. The van der Waals surface area contributed by atoms with Crippen LogP contribution < -0.4 is 0 Å². The predicted molar refractivity (Wildman–Crippen MR) is 96.6 cm³/mol. The summed E-state index contributed by atoms with van der Waals surface area (Å²) in [5, 5.41) is 0. The molecular weight excluding hydrogens is 296 g/mol. The second kappa shape index (κ2) is 6.72. The van der Waals surface area contributed by atoms with Crippen molar-refractivity contribution in [1.29, 1.82) is 0 Å². The first-order valence-corrected chi connectivity index (χ1v) is 9.53. The fourth-order valence-corrected chi connectivity index (χ4v) is 4.36. The molecule has 128 valence electrons. The van der Waals surface area contributed by atoms with Gasteiger partial charge < -0.3 is 4.90 Å². The van der Waals surface area contributed by atoms with Crippen LogP contribution in [0, 0.1) is 0 Å². The largest absolute Gasteiger partial charge is 0.312 e. The van der Waals surface area contributed by atoms with Crippen molar-refractivity contribution < 1.29 is 4.79 Å². The molecule has 1 saturated carbocycles. The Morgan fingerprint density at radius 3 is 2.71 bits per heavy atom. The Balaban J connectivity index is 1.46. The van der Waals surface area contributed by atoms with E-state index in [1.807, 2.05) is 0 Å². The normalized spacial score (nSPS) is 23.1. The van der Waals surface area contributed by atoms with Crippen LogP contribution in [0.5, 0.6) is 0 Å². The molecule has 1 atom stereocenters. The summed E-state index contributed by atoms with van der Waals surface area (Å²) in [6, 6.07) is 9.58. The molecule has 0 aromatic heterocycles. The smallest absolute Gasteiger partial charge is 0.241 e. The van der Waals surface area contributed by atoms with Crippen molar-refractivity contribution in [2.45, 2.75) is 63.5 Å². The zero-order valence-corrected chi connectivity index (χ0v) is 14.7. The monoisotopic (exact) mass is 324 g/mol. The van der Waals surface area contributed by atoms with Gasteiger partial charge in [0.1, 0.15) is 0 Å². The van der Waals surface area contributed by atoms with Crippen LogP contribution in [-0.4, -0.2) is 35.3 Å². The standard InChI is InChI=1S/C21H28N2O/c1-22(20-14-11-16-7-5-6-10-19(16)20)15-21(24)23(18-12-13-18)17-8-3-2-4-9-17/h5-8,10,18,20H,2-4,9,11-15H2,1H3/t20-/m1/s1. The molecule has 0 aliphatic heterocycles. The number of aryl methyl sites for hydroxylation is 1. The number of benzene rings is 1. The Bertz CT molecular complexity index is 647. The number of carbonyl (C=O) groups is 1. The van der Waals surface area contributed by atoms with Gasteiger partial charge in [-0.25, -0.2) is 0 Å².